The number of halogens is 1. The van der Waals surface area contributed by atoms with Gasteiger partial charge in [-0.1, -0.05) is 12.8 Å². The van der Waals surface area contributed by atoms with E-state index in [0.29, 0.717) is 6.04 Å². The third-order valence-electron chi connectivity index (χ3n) is 2.28. The Hall–Kier alpha value is -0.280. The van der Waals surface area contributed by atoms with Crippen molar-refractivity contribution in [2.75, 3.05) is 0 Å². The average Bonchev–Trinajstić information content (AvgIpc) is 2.37. The van der Waals surface area contributed by atoms with Gasteiger partial charge in [0.25, 0.3) is 0 Å². The van der Waals surface area contributed by atoms with E-state index >= 15 is 0 Å². The van der Waals surface area contributed by atoms with Gasteiger partial charge in [0.15, 0.2) is 0 Å². The molecule has 1 aliphatic rings. The lowest BCUT2D eigenvalue weighted by molar-refractivity contribution is -0.125. The first kappa shape index (κ1) is 12.7. The van der Waals surface area contributed by atoms with E-state index < -0.39 is 5.54 Å². The fraction of sp³-hybridized carbons (Fsp3) is 0.889. The topological polar surface area (TPSA) is 55.1 Å². The summed E-state index contributed by atoms with van der Waals surface area (Å²) in [5.74, 6) is -0.0330. The summed E-state index contributed by atoms with van der Waals surface area (Å²) in [6, 6.07) is 0.375. The van der Waals surface area contributed by atoms with Gasteiger partial charge in [-0.2, -0.15) is 0 Å². The summed E-state index contributed by atoms with van der Waals surface area (Å²) in [6.07, 6.45) is 4.69. The van der Waals surface area contributed by atoms with Gasteiger partial charge in [-0.3, -0.25) is 4.79 Å². The molecule has 1 rings (SSSR count). The minimum absolute atomic E-state index is 0. The molecule has 0 atom stereocenters. The molecule has 0 bridgehead atoms. The third-order valence-corrected chi connectivity index (χ3v) is 2.28. The Kier molecular flexibility index (Phi) is 4.71. The molecule has 1 amide bonds. The number of carbonyl (C=O) groups is 1. The summed E-state index contributed by atoms with van der Waals surface area (Å²) in [5.41, 5.74) is 4.91. The average molecular weight is 207 g/mol. The molecule has 0 spiro atoms. The van der Waals surface area contributed by atoms with Crippen molar-refractivity contribution < 1.29 is 4.79 Å². The Morgan fingerprint density at radius 3 is 2.23 bits per heavy atom. The predicted octanol–water partition coefficient (Wildman–Crippen LogP) is 1.20. The lowest BCUT2D eigenvalue weighted by Gasteiger charge is -2.21. The highest BCUT2D eigenvalue weighted by atomic mass is 35.5. The van der Waals surface area contributed by atoms with Gasteiger partial charge in [0, 0.05) is 6.04 Å². The zero-order chi connectivity index (χ0) is 9.19. The zero-order valence-corrected chi connectivity index (χ0v) is 9.12. The molecule has 0 aromatic rings. The Morgan fingerprint density at radius 2 is 1.85 bits per heavy atom. The summed E-state index contributed by atoms with van der Waals surface area (Å²) in [7, 11) is 0. The predicted molar refractivity (Wildman–Crippen MR) is 55.9 cm³/mol. The Morgan fingerprint density at radius 1 is 1.38 bits per heavy atom. The summed E-state index contributed by atoms with van der Waals surface area (Å²) in [4.78, 5) is 11.4. The van der Waals surface area contributed by atoms with Crippen LogP contribution in [0.5, 0.6) is 0 Å². The first-order chi connectivity index (χ1) is 5.50. The van der Waals surface area contributed by atoms with Crippen molar-refractivity contribution in [1.82, 2.24) is 5.32 Å². The maximum absolute atomic E-state index is 11.4. The van der Waals surface area contributed by atoms with E-state index in [1.807, 2.05) is 0 Å². The largest absolute Gasteiger partial charge is 0.352 e. The van der Waals surface area contributed by atoms with E-state index in [1.165, 1.54) is 12.8 Å². The van der Waals surface area contributed by atoms with Crippen molar-refractivity contribution in [2.45, 2.75) is 51.1 Å². The lowest BCUT2D eigenvalue weighted by Crippen LogP contribution is -2.51. The molecule has 0 radical (unpaired) electrons. The summed E-state index contributed by atoms with van der Waals surface area (Å²) in [5, 5.41) is 2.95. The molecule has 0 aliphatic heterocycles. The van der Waals surface area contributed by atoms with E-state index in [-0.39, 0.29) is 18.3 Å². The molecule has 0 aromatic carbocycles. The van der Waals surface area contributed by atoms with E-state index in [2.05, 4.69) is 5.32 Å². The summed E-state index contributed by atoms with van der Waals surface area (Å²) in [6.45, 7) is 3.47. The van der Waals surface area contributed by atoms with Crippen LogP contribution < -0.4 is 11.1 Å². The van der Waals surface area contributed by atoms with Crippen LogP contribution in [0.2, 0.25) is 0 Å². The normalized spacial score (nSPS) is 18.1. The second-order valence-corrected chi connectivity index (χ2v) is 4.18. The molecule has 13 heavy (non-hydrogen) atoms. The van der Waals surface area contributed by atoms with Gasteiger partial charge in [-0.05, 0) is 26.7 Å². The van der Waals surface area contributed by atoms with Gasteiger partial charge < -0.3 is 11.1 Å². The molecule has 3 nitrogen and oxygen atoms in total. The molecule has 0 heterocycles. The first-order valence-electron chi connectivity index (χ1n) is 4.60. The molecule has 3 N–H and O–H groups in total. The van der Waals surface area contributed by atoms with Crippen LogP contribution in [0.4, 0.5) is 0 Å². The molecule has 78 valence electrons. The molecule has 1 saturated carbocycles. The van der Waals surface area contributed by atoms with Crippen molar-refractivity contribution in [1.29, 1.82) is 0 Å². The fourth-order valence-electron chi connectivity index (χ4n) is 1.44. The minimum atomic E-state index is -0.734. The zero-order valence-electron chi connectivity index (χ0n) is 8.30. The van der Waals surface area contributed by atoms with Gasteiger partial charge in [0.2, 0.25) is 5.91 Å². The van der Waals surface area contributed by atoms with Crippen LogP contribution >= 0.6 is 12.4 Å². The van der Waals surface area contributed by atoms with Crippen LogP contribution in [0.3, 0.4) is 0 Å². The Bertz CT molecular complexity index is 171. The van der Waals surface area contributed by atoms with Crippen LogP contribution in [-0.4, -0.2) is 17.5 Å². The quantitative estimate of drug-likeness (QED) is 0.714. The van der Waals surface area contributed by atoms with Crippen LogP contribution in [-0.2, 0) is 4.79 Å². The van der Waals surface area contributed by atoms with Crippen molar-refractivity contribution in [3.63, 3.8) is 0 Å². The Balaban J connectivity index is 0.00000144. The second-order valence-electron chi connectivity index (χ2n) is 4.18. The maximum Gasteiger partial charge on any atom is 0.239 e. The van der Waals surface area contributed by atoms with E-state index in [0.717, 1.165) is 12.8 Å². The molecule has 4 heteroatoms. The van der Waals surface area contributed by atoms with E-state index in [4.69, 9.17) is 5.73 Å². The summed E-state index contributed by atoms with van der Waals surface area (Å²) < 4.78 is 0. The molecular weight excluding hydrogens is 188 g/mol. The smallest absolute Gasteiger partial charge is 0.239 e. The van der Waals surface area contributed by atoms with Gasteiger partial charge in [0.05, 0.1) is 5.54 Å². The van der Waals surface area contributed by atoms with Gasteiger partial charge in [-0.25, -0.2) is 0 Å². The van der Waals surface area contributed by atoms with E-state index in [9.17, 15) is 4.79 Å². The SMILES string of the molecule is CC(C)(N)C(=O)NC1CCCC1.Cl. The Labute approximate surface area is 85.9 Å². The number of carbonyl (C=O) groups excluding carboxylic acids is 1. The molecule has 0 saturated heterocycles. The van der Waals surface area contributed by atoms with E-state index in [1.54, 1.807) is 13.8 Å². The standard InChI is InChI=1S/C9H18N2O.ClH/c1-9(2,10)8(12)11-7-5-3-4-6-7;/h7H,3-6,10H2,1-2H3,(H,11,12);1H. The number of nitrogens with one attached hydrogen (secondary N) is 1. The number of hydrogen-bond acceptors (Lipinski definition) is 2. The highest BCUT2D eigenvalue weighted by Crippen LogP contribution is 2.18. The first-order valence-corrected chi connectivity index (χ1v) is 4.60. The maximum atomic E-state index is 11.4. The van der Waals surface area contributed by atoms with Gasteiger partial charge in [0.1, 0.15) is 0 Å². The summed E-state index contributed by atoms with van der Waals surface area (Å²) >= 11 is 0. The minimum Gasteiger partial charge on any atom is -0.352 e. The third kappa shape index (κ3) is 3.96. The van der Waals surface area contributed by atoms with Crippen LogP contribution in [0, 0.1) is 0 Å². The molecule has 1 fully saturated rings. The highest BCUT2D eigenvalue weighted by molar-refractivity contribution is 5.85. The molecule has 0 unspecified atom stereocenters. The fourth-order valence-corrected chi connectivity index (χ4v) is 1.44. The van der Waals surface area contributed by atoms with Crippen molar-refractivity contribution >= 4 is 18.3 Å². The molecule has 0 aromatic heterocycles. The van der Waals surface area contributed by atoms with Crippen molar-refractivity contribution in [2.24, 2.45) is 5.73 Å². The van der Waals surface area contributed by atoms with Crippen molar-refractivity contribution in [3.05, 3.63) is 0 Å². The number of hydrogen-bond donors (Lipinski definition) is 2. The van der Waals surface area contributed by atoms with Gasteiger partial charge >= 0.3 is 0 Å². The number of amides is 1. The molecule has 1 aliphatic carbocycles. The van der Waals surface area contributed by atoms with Crippen LogP contribution in [0.25, 0.3) is 0 Å². The van der Waals surface area contributed by atoms with Crippen LogP contribution in [0.1, 0.15) is 39.5 Å². The van der Waals surface area contributed by atoms with Crippen LogP contribution in [0.15, 0.2) is 0 Å². The number of rotatable bonds is 2. The van der Waals surface area contributed by atoms with Crippen molar-refractivity contribution in [3.8, 4) is 0 Å². The second kappa shape index (κ2) is 4.82. The highest BCUT2D eigenvalue weighted by Gasteiger charge is 2.25. The monoisotopic (exact) mass is 206 g/mol. The van der Waals surface area contributed by atoms with Gasteiger partial charge in [-0.15, -0.1) is 12.4 Å². The number of nitrogens with two attached hydrogens (primary N) is 1. The molecular formula is C9H19ClN2O. The lowest BCUT2D eigenvalue weighted by atomic mass is 10.1.